The first-order chi connectivity index (χ1) is 14.8. The molecule has 3 aromatic rings. The molecule has 0 fully saturated rings. The minimum Gasteiger partial charge on any atom is -0.0836 e. The van der Waals surface area contributed by atoms with Gasteiger partial charge in [0.1, 0.15) is 0 Å². The van der Waals surface area contributed by atoms with E-state index >= 15 is 0 Å². The van der Waals surface area contributed by atoms with Gasteiger partial charge < -0.3 is 0 Å². The van der Waals surface area contributed by atoms with Crippen LogP contribution in [-0.2, 0) is 19.3 Å². The molecule has 150 valence electrons. The van der Waals surface area contributed by atoms with Gasteiger partial charge in [0.2, 0.25) is 0 Å². The Morgan fingerprint density at radius 2 is 1.77 bits per heavy atom. The van der Waals surface area contributed by atoms with Crippen LogP contribution in [0.4, 0.5) is 0 Å². The van der Waals surface area contributed by atoms with Crippen molar-refractivity contribution in [1.82, 2.24) is 0 Å². The molecule has 2 unspecified atom stereocenters. The lowest BCUT2D eigenvalue weighted by molar-refractivity contribution is 0.396. The molecule has 2 atom stereocenters. The number of rotatable bonds is 2. The molecule has 0 radical (unpaired) electrons. The first kappa shape index (κ1) is 18.2. The monoisotopic (exact) mass is 390 g/mol. The van der Waals surface area contributed by atoms with Gasteiger partial charge in [-0.25, -0.2) is 0 Å². The Morgan fingerprint density at radius 3 is 2.73 bits per heavy atom. The van der Waals surface area contributed by atoms with Crippen LogP contribution < -0.4 is 0 Å². The topological polar surface area (TPSA) is 0 Å². The van der Waals surface area contributed by atoms with E-state index in [9.17, 15) is 0 Å². The van der Waals surface area contributed by atoms with Gasteiger partial charge in [0.05, 0.1) is 0 Å². The van der Waals surface area contributed by atoms with E-state index in [1.165, 1.54) is 61.3 Å². The molecule has 0 spiro atoms. The summed E-state index contributed by atoms with van der Waals surface area (Å²) in [6.45, 7) is 2.51. The van der Waals surface area contributed by atoms with Gasteiger partial charge in [-0.15, -0.1) is 0 Å². The fourth-order valence-electron chi connectivity index (χ4n) is 6.37. The van der Waals surface area contributed by atoms with E-state index in [1.54, 1.807) is 33.4 Å². The van der Waals surface area contributed by atoms with E-state index in [1.807, 2.05) is 0 Å². The number of hydrogen-bond donors (Lipinski definition) is 0. The minimum atomic E-state index is 0.649. The summed E-state index contributed by atoms with van der Waals surface area (Å²) in [6, 6.07) is 18.4. The minimum absolute atomic E-state index is 0.649. The third-order valence-corrected chi connectivity index (χ3v) is 7.91. The third kappa shape index (κ3) is 2.88. The largest absolute Gasteiger partial charge is 0.0836 e. The summed E-state index contributed by atoms with van der Waals surface area (Å²) in [5.41, 5.74) is 11.2. The lowest BCUT2D eigenvalue weighted by atomic mass is 9.69. The van der Waals surface area contributed by atoms with Crippen molar-refractivity contribution < 1.29 is 0 Å². The summed E-state index contributed by atoms with van der Waals surface area (Å²) in [5, 5.41) is 2.83. The van der Waals surface area contributed by atoms with Gasteiger partial charge in [-0.3, -0.25) is 0 Å². The van der Waals surface area contributed by atoms with Gasteiger partial charge in [-0.2, -0.15) is 0 Å². The number of aryl methyl sites for hydroxylation is 2. The molecule has 0 amide bonds. The highest BCUT2D eigenvalue weighted by Crippen LogP contribution is 2.46. The van der Waals surface area contributed by atoms with E-state index in [0.717, 1.165) is 5.92 Å². The molecule has 0 saturated carbocycles. The maximum atomic E-state index is 2.56. The van der Waals surface area contributed by atoms with Gasteiger partial charge in [0.15, 0.2) is 0 Å². The van der Waals surface area contributed by atoms with Crippen molar-refractivity contribution in [3.8, 4) is 0 Å². The van der Waals surface area contributed by atoms with Gasteiger partial charge in [-0.05, 0) is 107 Å². The predicted molar refractivity (Wildman–Crippen MR) is 129 cm³/mol. The highest BCUT2D eigenvalue weighted by atomic mass is 14.4. The zero-order chi connectivity index (χ0) is 20.1. The van der Waals surface area contributed by atoms with Crippen LogP contribution in [0.3, 0.4) is 0 Å². The normalized spacial score (nSPS) is 22.2. The number of benzene rings is 3. The van der Waals surface area contributed by atoms with Crippen LogP contribution in [0.2, 0.25) is 0 Å². The van der Waals surface area contributed by atoms with Gasteiger partial charge in [0.25, 0.3) is 0 Å². The zero-order valence-corrected chi connectivity index (χ0v) is 18.0. The summed E-state index contributed by atoms with van der Waals surface area (Å²) < 4.78 is 0. The molecule has 6 rings (SSSR count). The maximum absolute atomic E-state index is 2.56. The Kier molecular flexibility index (Phi) is 4.41. The van der Waals surface area contributed by atoms with Crippen LogP contribution >= 0.6 is 0 Å². The lowest BCUT2D eigenvalue weighted by Gasteiger charge is -2.36. The fraction of sp³-hybridized carbons (Fsp3) is 0.333. The van der Waals surface area contributed by atoms with E-state index in [4.69, 9.17) is 0 Å². The van der Waals surface area contributed by atoms with Crippen LogP contribution in [0.15, 0.2) is 60.7 Å². The smallest absolute Gasteiger partial charge is 0.0106 e. The lowest BCUT2D eigenvalue weighted by Crippen LogP contribution is -2.22. The Labute approximate surface area is 180 Å². The SMILES string of the molecule is CC1c2c(ccc3c2CCC=C3)CCC1CC1=CCCc2ccc3ccccc3c21. The van der Waals surface area contributed by atoms with E-state index < -0.39 is 0 Å². The molecule has 0 bridgehead atoms. The highest BCUT2D eigenvalue weighted by Gasteiger charge is 2.31. The van der Waals surface area contributed by atoms with Crippen molar-refractivity contribution in [3.05, 3.63) is 94.1 Å². The van der Waals surface area contributed by atoms with Crippen LogP contribution in [-0.4, -0.2) is 0 Å². The molecule has 30 heavy (non-hydrogen) atoms. The molecule has 0 N–H and O–H groups in total. The third-order valence-electron chi connectivity index (χ3n) is 7.91. The second-order valence-corrected chi connectivity index (χ2v) is 9.53. The maximum Gasteiger partial charge on any atom is -0.0106 e. The standard InChI is InChI=1S/C30H30/c1-20-25(18-17-24-16-14-21-7-2-4-11-27(21)29(20)24)19-26-10-6-9-23-15-13-22-8-3-5-12-28(22)30(23)26/h2-3,5,7-8,10,12-16,20,25H,4,6,9,11,17-19H2,1H3. The fourth-order valence-corrected chi connectivity index (χ4v) is 6.37. The summed E-state index contributed by atoms with van der Waals surface area (Å²) in [5.74, 6) is 1.39. The molecule has 0 aliphatic heterocycles. The average Bonchev–Trinajstić information content (AvgIpc) is 2.80. The molecule has 3 aromatic carbocycles. The van der Waals surface area contributed by atoms with Gasteiger partial charge in [0, 0.05) is 0 Å². The number of fused-ring (bicyclic) bond motifs is 6. The van der Waals surface area contributed by atoms with Crippen molar-refractivity contribution in [2.45, 2.75) is 57.8 Å². The zero-order valence-electron chi connectivity index (χ0n) is 18.0. The first-order valence-electron chi connectivity index (χ1n) is 11.8. The molecule has 0 aromatic heterocycles. The molecule has 0 heterocycles. The molecule has 3 aliphatic carbocycles. The van der Waals surface area contributed by atoms with E-state index in [-0.39, 0.29) is 0 Å². The summed E-state index contributed by atoms with van der Waals surface area (Å²) in [6.07, 6.45) is 15.8. The molecule has 0 saturated heterocycles. The Balaban J connectivity index is 1.38. The van der Waals surface area contributed by atoms with Crippen LogP contribution in [0.25, 0.3) is 22.4 Å². The quantitative estimate of drug-likeness (QED) is 0.417. The second-order valence-electron chi connectivity index (χ2n) is 9.53. The van der Waals surface area contributed by atoms with Crippen molar-refractivity contribution in [1.29, 1.82) is 0 Å². The predicted octanol–water partition coefficient (Wildman–Crippen LogP) is 7.89. The van der Waals surface area contributed by atoms with Crippen LogP contribution in [0.5, 0.6) is 0 Å². The second kappa shape index (κ2) is 7.27. The van der Waals surface area contributed by atoms with Crippen LogP contribution in [0.1, 0.15) is 71.9 Å². The molecular weight excluding hydrogens is 360 g/mol. The number of allylic oxidation sites excluding steroid dienone is 3. The molecule has 3 aliphatic rings. The Morgan fingerprint density at radius 1 is 0.867 bits per heavy atom. The van der Waals surface area contributed by atoms with Crippen LogP contribution in [0, 0.1) is 5.92 Å². The molecule has 0 nitrogen and oxygen atoms in total. The molecule has 0 heteroatoms. The van der Waals surface area contributed by atoms with Crippen molar-refractivity contribution in [2.24, 2.45) is 5.92 Å². The summed E-state index contributed by atoms with van der Waals surface area (Å²) in [4.78, 5) is 0. The molecular formula is C30H30. The van der Waals surface area contributed by atoms with Gasteiger partial charge in [-0.1, -0.05) is 73.7 Å². The highest BCUT2D eigenvalue weighted by molar-refractivity contribution is 5.96. The summed E-state index contributed by atoms with van der Waals surface area (Å²) in [7, 11) is 0. The van der Waals surface area contributed by atoms with Crippen molar-refractivity contribution in [3.63, 3.8) is 0 Å². The number of hydrogen-bond acceptors (Lipinski definition) is 0. The Bertz CT molecular complexity index is 1190. The van der Waals surface area contributed by atoms with E-state index in [2.05, 4.69) is 73.7 Å². The van der Waals surface area contributed by atoms with Crippen molar-refractivity contribution in [2.75, 3.05) is 0 Å². The first-order valence-corrected chi connectivity index (χ1v) is 11.8. The Hall–Kier alpha value is -2.60. The summed E-state index contributed by atoms with van der Waals surface area (Å²) >= 11 is 0. The van der Waals surface area contributed by atoms with Crippen molar-refractivity contribution >= 4 is 22.4 Å². The van der Waals surface area contributed by atoms with E-state index in [0.29, 0.717) is 5.92 Å². The average molecular weight is 391 g/mol. The van der Waals surface area contributed by atoms with Gasteiger partial charge >= 0.3 is 0 Å².